The SMILES string of the molecule is C=C1c2ccc(F)cc2C(=O)N1C1CC/C(=C/CC)NC1=O. The molecule has 2 aliphatic rings. The van der Waals surface area contributed by atoms with Crippen molar-refractivity contribution in [3.8, 4) is 0 Å². The fourth-order valence-corrected chi connectivity index (χ4v) is 3.03. The molecule has 0 aliphatic carbocycles. The van der Waals surface area contributed by atoms with Crippen LogP contribution in [0.4, 0.5) is 4.39 Å². The van der Waals surface area contributed by atoms with Crippen molar-refractivity contribution in [2.75, 3.05) is 0 Å². The Hall–Kier alpha value is -2.43. The molecule has 2 heterocycles. The maximum atomic E-state index is 13.4. The van der Waals surface area contributed by atoms with Gasteiger partial charge in [0.25, 0.3) is 5.91 Å². The van der Waals surface area contributed by atoms with Gasteiger partial charge in [-0.15, -0.1) is 0 Å². The summed E-state index contributed by atoms with van der Waals surface area (Å²) in [5.74, 6) is -1.04. The van der Waals surface area contributed by atoms with E-state index in [0.717, 1.165) is 12.1 Å². The van der Waals surface area contributed by atoms with E-state index in [1.807, 2.05) is 13.0 Å². The summed E-state index contributed by atoms with van der Waals surface area (Å²) in [5, 5.41) is 2.84. The van der Waals surface area contributed by atoms with Crippen molar-refractivity contribution < 1.29 is 14.0 Å². The van der Waals surface area contributed by atoms with E-state index in [9.17, 15) is 14.0 Å². The van der Waals surface area contributed by atoms with Crippen LogP contribution in [0, 0.1) is 5.82 Å². The van der Waals surface area contributed by atoms with Crippen molar-refractivity contribution >= 4 is 17.5 Å². The van der Waals surface area contributed by atoms with Crippen molar-refractivity contribution in [1.29, 1.82) is 0 Å². The second-order valence-corrected chi connectivity index (χ2v) is 5.49. The Labute approximate surface area is 128 Å². The zero-order valence-corrected chi connectivity index (χ0v) is 12.4. The Morgan fingerprint density at radius 1 is 1.41 bits per heavy atom. The number of halogens is 1. The average molecular weight is 300 g/mol. The standard InChI is InChI=1S/C17H17FN2O2/c1-3-4-12-6-8-15(16(21)19-12)20-10(2)13-7-5-11(18)9-14(13)17(20)22/h4-5,7,9,15H,2-3,6,8H2,1H3,(H,19,21)/b12-4-. The van der Waals surface area contributed by atoms with Gasteiger partial charge in [0, 0.05) is 17.0 Å². The van der Waals surface area contributed by atoms with Gasteiger partial charge in [-0.3, -0.25) is 14.5 Å². The van der Waals surface area contributed by atoms with Crippen LogP contribution in [0.3, 0.4) is 0 Å². The lowest BCUT2D eigenvalue weighted by molar-refractivity contribution is -0.125. The Kier molecular flexibility index (Phi) is 3.56. The highest BCUT2D eigenvalue weighted by atomic mass is 19.1. The zero-order chi connectivity index (χ0) is 15.9. The molecule has 1 unspecified atom stereocenters. The van der Waals surface area contributed by atoms with E-state index in [-0.39, 0.29) is 17.4 Å². The van der Waals surface area contributed by atoms with E-state index in [1.165, 1.54) is 23.1 Å². The summed E-state index contributed by atoms with van der Waals surface area (Å²) in [7, 11) is 0. The first-order valence-electron chi connectivity index (χ1n) is 7.35. The van der Waals surface area contributed by atoms with Gasteiger partial charge in [0.2, 0.25) is 5.91 Å². The third-order valence-corrected chi connectivity index (χ3v) is 4.07. The summed E-state index contributed by atoms with van der Waals surface area (Å²) in [6.45, 7) is 5.91. The number of carbonyl (C=O) groups excluding carboxylic acids is 2. The smallest absolute Gasteiger partial charge is 0.259 e. The van der Waals surface area contributed by atoms with Gasteiger partial charge >= 0.3 is 0 Å². The number of nitrogens with zero attached hydrogens (tertiary/aromatic N) is 1. The third-order valence-electron chi connectivity index (χ3n) is 4.07. The van der Waals surface area contributed by atoms with E-state index >= 15 is 0 Å². The number of carbonyl (C=O) groups is 2. The fourth-order valence-electron chi connectivity index (χ4n) is 3.03. The number of allylic oxidation sites excluding steroid dienone is 2. The molecule has 1 fully saturated rings. The number of benzene rings is 1. The van der Waals surface area contributed by atoms with Crippen LogP contribution in [0.15, 0.2) is 36.6 Å². The molecule has 2 amide bonds. The molecule has 5 heteroatoms. The number of rotatable bonds is 2. The Balaban J connectivity index is 1.88. The topological polar surface area (TPSA) is 49.4 Å². The number of hydrogen-bond donors (Lipinski definition) is 1. The molecule has 1 aromatic rings. The Morgan fingerprint density at radius 3 is 2.86 bits per heavy atom. The molecule has 0 saturated carbocycles. The van der Waals surface area contributed by atoms with E-state index in [0.29, 0.717) is 24.1 Å². The van der Waals surface area contributed by atoms with Gasteiger partial charge in [-0.2, -0.15) is 0 Å². The van der Waals surface area contributed by atoms with Gasteiger partial charge in [-0.1, -0.05) is 19.6 Å². The van der Waals surface area contributed by atoms with Gasteiger partial charge in [0.1, 0.15) is 11.9 Å². The number of hydrogen-bond acceptors (Lipinski definition) is 2. The molecular weight excluding hydrogens is 283 g/mol. The van der Waals surface area contributed by atoms with E-state index in [1.54, 1.807) is 0 Å². The minimum atomic E-state index is -0.593. The van der Waals surface area contributed by atoms with E-state index < -0.39 is 11.9 Å². The van der Waals surface area contributed by atoms with Crippen LogP contribution in [-0.2, 0) is 4.79 Å². The highest BCUT2D eigenvalue weighted by Gasteiger charge is 2.40. The Morgan fingerprint density at radius 2 is 2.18 bits per heavy atom. The molecule has 114 valence electrons. The third kappa shape index (κ3) is 2.22. The minimum absolute atomic E-state index is 0.214. The van der Waals surface area contributed by atoms with Crippen molar-refractivity contribution in [3.05, 3.63) is 53.5 Å². The summed E-state index contributed by atoms with van der Waals surface area (Å²) >= 11 is 0. The maximum absolute atomic E-state index is 13.4. The van der Waals surface area contributed by atoms with Crippen LogP contribution in [0.5, 0.6) is 0 Å². The summed E-state index contributed by atoms with van der Waals surface area (Å²) in [5.41, 5.74) is 2.22. The molecular formula is C17H17FN2O2. The number of fused-ring (bicyclic) bond motifs is 1. The molecule has 1 N–H and O–H groups in total. The molecule has 0 aromatic heterocycles. The van der Waals surface area contributed by atoms with Gasteiger partial charge < -0.3 is 5.32 Å². The lowest BCUT2D eigenvalue weighted by atomic mass is 10.0. The van der Waals surface area contributed by atoms with E-state index in [4.69, 9.17) is 0 Å². The van der Waals surface area contributed by atoms with Crippen LogP contribution in [-0.4, -0.2) is 22.8 Å². The molecule has 2 aliphatic heterocycles. The maximum Gasteiger partial charge on any atom is 0.259 e. The largest absolute Gasteiger partial charge is 0.328 e. The fraction of sp³-hybridized carbons (Fsp3) is 0.294. The molecule has 3 rings (SSSR count). The first kappa shape index (κ1) is 14.5. The van der Waals surface area contributed by atoms with Crippen LogP contribution in [0.2, 0.25) is 0 Å². The van der Waals surface area contributed by atoms with Crippen molar-refractivity contribution in [1.82, 2.24) is 10.2 Å². The second-order valence-electron chi connectivity index (χ2n) is 5.49. The van der Waals surface area contributed by atoms with Crippen LogP contribution in [0.1, 0.15) is 42.1 Å². The van der Waals surface area contributed by atoms with Gasteiger partial charge in [-0.05, 0) is 37.5 Å². The predicted octanol–water partition coefficient (Wildman–Crippen LogP) is 2.82. The normalized spacial score (nSPS) is 23.0. The zero-order valence-electron chi connectivity index (χ0n) is 12.4. The monoisotopic (exact) mass is 300 g/mol. The van der Waals surface area contributed by atoms with Crippen LogP contribution in [0.25, 0.3) is 5.70 Å². The molecule has 1 aromatic carbocycles. The average Bonchev–Trinajstić information content (AvgIpc) is 2.72. The van der Waals surface area contributed by atoms with Crippen molar-refractivity contribution in [3.63, 3.8) is 0 Å². The van der Waals surface area contributed by atoms with Crippen molar-refractivity contribution in [2.24, 2.45) is 0 Å². The minimum Gasteiger partial charge on any atom is -0.328 e. The molecule has 1 saturated heterocycles. The predicted molar refractivity (Wildman–Crippen MR) is 81.1 cm³/mol. The quantitative estimate of drug-likeness (QED) is 0.913. The summed E-state index contributed by atoms with van der Waals surface area (Å²) in [6, 6.07) is 3.44. The first-order valence-corrected chi connectivity index (χ1v) is 7.35. The highest BCUT2D eigenvalue weighted by molar-refractivity contribution is 6.11. The number of nitrogens with one attached hydrogen (secondary N) is 1. The molecule has 0 radical (unpaired) electrons. The second kappa shape index (κ2) is 5.40. The number of amides is 2. The summed E-state index contributed by atoms with van der Waals surface area (Å²) in [4.78, 5) is 26.2. The van der Waals surface area contributed by atoms with Crippen LogP contribution >= 0.6 is 0 Å². The lowest BCUT2D eigenvalue weighted by Crippen LogP contribution is -2.49. The van der Waals surface area contributed by atoms with E-state index in [2.05, 4.69) is 11.9 Å². The van der Waals surface area contributed by atoms with Crippen molar-refractivity contribution in [2.45, 2.75) is 32.2 Å². The Bertz CT molecular complexity index is 709. The van der Waals surface area contributed by atoms with Gasteiger partial charge in [-0.25, -0.2) is 4.39 Å². The summed E-state index contributed by atoms with van der Waals surface area (Å²) < 4.78 is 13.4. The lowest BCUT2D eigenvalue weighted by Gasteiger charge is -2.32. The van der Waals surface area contributed by atoms with Crippen LogP contribution < -0.4 is 5.32 Å². The summed E-state index contributed by atoms with van der Waals surface area (Å²) in [6.07, 6.45) is 4.06. The highest BCUT2D eigenvalue weighted by Crippen LogP contribution is 2.35. The molecule has 22 heavy (non-hydrogen) atoms. The molecule has 0 spiro atoms. The molecule has 0 bridgehead atoms. The van der Waals surface area contributed by atoms with Gasteiger partial charge in [0.05, 0.1) is 5.56 Å². The molecule has 4 nitrogen and oxygen atoms in total. The first-order chi connectivity index (χ1) is 10.5. The number of piperidine rings is 1. The van der Waals surface area contributed by atoms with Gasteiger partial charge in [0.15, 0.2) is 0 Å². The molecule has 1 atom stereocenters.